The van der Waals surface area contributed by atoms with Crippen molar-refractivity contribution in [1.82, 2.24) is 14.1 Å². The highest BCUT2D eigenvalue weighted by Crippen LogP contribution is 2.22. The van der Waals surface area contributed by atoms with Gasteiger partial charge in [-0.15, -0.1) is 0 Å². The van der Waals surface area contributed by atoms with Crippen molar-refractivity contribution < 1.29 is 13.2 Å². The summed E-state index contributed by atoms with van der Waals surface area (Å²) in [5, 5.41) is 7.76. The van der Waals surface area contributed by atoms with Gasteiger partial charge in [0.15, 0.2) is 0 Å². The van der Waals surface area contributed by atoms with Crippen molar-refractivity contribution in [3.05, 3.63) is 70.9 Å². The zero-order valence-corrected chi connectivity index (χ0v) is 18.7. The van der Waals surface area contributed by atoms with Crippen LogP contribution in [0.1, 0.15) is 29.9 Å². The third-order valence-corrected chi connectivity index (χ3v) is 6.89. The Bertz CT molecular complexity index is 1190. The van der Waals surface area contributed by atoms with Crippen molar-refractivity contribution in [2.75, 3.05) is 12.4 Å². The summed E-state index contributed by atoms with van der Waals surface area (Å²) in [6.07, 6.45) is 0. The molecule has 1 amide bonds. The first-order valence-corrected chi connectivity index (χ1v) is 11.1. The van der Waals surface area contributed by atoms with E-state index in [1.807, 2.05) is 13.0 Å². The number of carbonyl (C=O) groups is 1. The molecule has 0 unspecified atom stereocenters. The highest BCUT2D eigenvalue weighted by Gasteiger charge is 2.24. The van der Waals surface area contributed by atoms with Gasteiger partial charge in [-0.2, -0.15) is 9.40 Å². The van der Waals surface area contributed by atoms with Gasteiger partial charge in [0.1, 0.15) is 5.82 Å². The molecule has 1 heterocycles. The Hall–Kier alpha value is -2.68. The summed E-state index contributed by atoms with van der Waals surface area (Å²) in [5.41, 5.74) is 1.63. The number of amides is 1. The molecule has 30 heavy (non-hydrogen) atoms. The molecule has 9 heteroatoms. The van der Waals surface area contributed by atoms with E-state index in [0.717, 1.165) is 0 Å². The fourth-order valence-electron chi connectivity index (χ4n) is 2.82. The first kappa shape index (κ1) is 22.0. The minimum Gasteiger partial charge on any atom is -0.306 e. The molecule has 3 rings (SSSR count). The highest BCUT2D eigenvalue weighted by atomic mass is 35.5. The van der Waals surface area contributed by atoms with E-state index in [1.165, 1.54) is 23.5 Å². The Morgan fingerprint density at radius 2 is 1.83 bits per heavy atom. The van der Waals surface area contributed by atoms with E-state index in [0.29, 0.717) is 22.2 Å². The summed E-state index contributed by atoms with van der Waals surface area (Å²) in [5.74, 6) is 0.00903. The quantitative estimate of drug-likeness (QED) is 0.617. The highest BCUT2D eigenvalue weighted by molar-refractivity contribution is 7.89. The van der Waals surface area contributed by atoms with Crippen molar-refractivity contribution >= 4 is 33.3 Å². The lowest BCUT2D eigenvalue weighted by atomic mass is 10.2. The molecule has 0 atom stereocenters. The molecule has 1 aromatic heterocycles. The Balaban J connectivity index is 1.92. The largest absolute Gasteiger partial charge is 0.306 e. The second-order valence-electron chi connectivity index (χ2n) is 7.16. The fraction of sp³-hybridized carbons (Fsp3) is 0.238. The molecule has 7 nitrogen and oxygen atoms in total. The smallest absolute Gasteiger partial charge is 0.256 e. The number of rotatable bonds is 6. The van der Waals surface area contributed by atoms with E-state index in [2.05, 4.69) is 10.4 Å². The average Bonchev–Trinajstić information content (AvgIpc) is 3.07. The molecule has 0 radical (unpaired) electrons. The molecule has 158 valence electrons. The zero-order chi connectivity index (χ0) is 22.1. The van der Waals surface area contributed by atoms with Crippen molar-refractivity contribution in [1.29, 1.82) is 0 Å². The van der Waals surface area contributed by atoms with E-state index < -0.39 is 15.9 Å². The summed E-state index contributed by atoms with van der Waals surface area (Å²) in [6, 6.07) is 14.6. The van der Waals surface area contributed by atoms with E-state index in [-0.39, 0.29) is 16.5 Å². The van der Waals surface area contributed by atoms with Gasteiger partial charge >= 0.3 is 0 Å². The normalized spacial score (nSPS) is 11.8. The molecule has 0 bridgehead atoms. The number of carbonyl (C=O) groups excluding carboxylic acids is 1. The molecule has 0 saturated heterocycles. The number of hydrogen-bond donors (Lipinski definition) is 1. The number of hydrogen-bond acceptors (Lipinski definition) is 4. The van der Waals surface area contributed by atoms with Gasteiger partial charge in [0, 0.05) is 29.7 Å². The molecule has 3 aromatic rings. The maximum Gasteiger partial charge on any atom is 0.256 e. The molecule has 0 aliphatic heterocycles. The van der Waals surface area contributed by atoms with Crippen molar-refractivity contribution in [3.8, 4) is 5.69 Å². The monoisotopic (exact) mass is 446 g/mol. The zero-order valence-electron chi connectivity index (χ0n) is 17.1. The minimum atomic E-state index is -3.70. The Kier molecular flexibility index (Phi) is 6.30. The van der Waals surface area contributed by atoms with E-state index in [1.54, 1.807) is 54.9 Å². The van der Waals surface area contributed by atoms with Gasteiger partial charge in [-0.25, -0.2) is 13.1 Å². The number of halogens is 1. The molecule has 0 aliphatic carbocycles. The van der Waals surface area contributed by atoms with E-state index in [4.69, 9.17) is 11.6 Å². The van der Waals surface area contributed by atoms with Gasteiger partial charge in [-0.3, -0.25) is 4.79 Å². The second-order valence-corrected chi connectivity index (χ2v) is 9.59. The summed E-state index contributed by atoms with van der Waals surface area (Å²) < 4.78 is 28.3. The maximum atomic E-state index is 12.9. The van der Waals surface area contributed by atoms with Gasteiger partial charge in [-0.05, 0) is 57.2 Å². The summed E-state index contributed by atoms with van der Waals surface area (Å²) in [6.45, 7) is 5.38. The molecular weight excluding hydrogens is 424 g/mol. The van der Waals surface area contributed by atoms with Crippen molar-refractivity contribution in [3.63, 3.8) is 0 Å². The standard InChI is InChI=1S/C21H23ClN4O3S/c1-14(2)25(4)30(28,29)19-10-5-7-16(12-19)21(27)23-20-11-15(3)24-26(20)18-9-6-8-17(22)13-18/h5-14H,1-4H3,(H,23,27). The van der Waals surface area contributed by atoms with Gasteiger partial charge in [-0.1, -0.05) is 23.7 Å². The first-order valence-electron chi connectivity index (χ1n) is 9.31. The number of nitrogens with one attached hydrogen (secondary N) is 1. The molecule has 0 spiro atoms. The number of nitrogens with zero attached hydrogens (tertiary/aromatic N) is 3. The molecular formula is C21H23ClN4O3S. The minimum absolute atomic E-state index is 0.0610. The lowest BCUT2D eigenvalue weighted by Crippen LogP contribution is -2.33. The van der Waals surface area contributed by atoms with Crippen LogP contribution in [0.3, 0.4) is 0 Å². The lowest BCUT2D eigenvalue weighted by Gasteiger charge is -2.21. The van der Waals surface area contributed by atoms with Gasteiger partial charge < -0.3 is 5.32 Å². The van der Waals surface area contributed by atoms with Crippen LogP contribution in [0.4, 0.5) is 5.82 Å². The molecule has 0 aliphatic rings. The van der Waals surface area contributed by atoms with Crippen LogP contribution in [0.15, 0.2) is 59.5 Å². The number of benzene rings is 2. The van der Waals surface area contributed by atoms with Gasteiger partial charge in [0.25, 0.3) is 5.91 Å². The number of sulfonamides is 1. The predicted molar refractivity (Wildman–Crippen MR) is 118 cm³/mol. The third-order valence-electron chi connectivity index (χ3n) is 4.63. The first-order chi connectivity index (χ1) is 14.1. The summed E-state index contributed by atoms with van der Waals surface area (Å²) in [7, 11) is -2.18. The van der Waals surface area contributed by atoms with Crippen LogP contribution in [-0.2, 0) is 10.0 Å². The van der Waals surface area contributed by atoms with E-state index in [9.17, 15) is 13.2 Å². The molecule has 1 N–H and O–H groups in total. The number of aromatic nitrogens is 2. The van der Waals surface area contributed by atoms with Crippen molar-refractivity contribution in [2.24, 2.45) is 0 Å². The maximum absolute atomic E-state index is 12.9. The molecule has 2 aromatic carbocycles. The average molecular weight is 447 g/mol. The Morgan fingerprint density at radius 3 is 2.50 bits per heavy atom. The SMILES string of the molecule is Cc1cc(NC(=O)c2cccc(S(=O)(=O)N(C)C(C)C)c2)n(-c2cccc(Cl)c2)n1. The van der Waals surface area contributed by atoms with Crippen LogP contribution >= 0.6 is 11.6 Å². The van der Waals surface area contributed by atoms with Gasteiger partial charge in [0.05, 0.1) is 16.3 Å². The molecule has 0 saturated carbocycles. The van der Waals surface area contributed by atoms with Crippen LogP contribution in [0, 0.1) is 6.92 Å². The second kappa shape index (κ2) is 8.59. The lowest BCUT2D eigenvalue weighted by molar-refractivity contribution is 0.102. The Morgan fingerprint density at radius 1 is 1.13 bits per heavy atom. The number of anilines is 1. The summed E-state index contributed by atoms with van der Waals surface area (Å²) >= 11 is 6.07. The van der Waals surface area contributed by atoms with Crippen LogP contribution in [0.2, 0.25) is 5.02 Å². The van der Waals surface area contributed by atoms with Crippen LogP contribution in [-0.4, -0.2) is 41.5 Å². The fourth-order valence-corrected chi connectivity index (χ4v) is 4.42. The third kappa shape index (κ3) is 4.56. The van der Waals surface area contributed by atoms with Gasteiger partial charge in [0.2, 0.25) is 10.0 Å². The van der Waals surface area contributed by atoms with Crippen LogP contribution in [0.5, 0.6) is 0 Å². The predicted octanol–water partition coefficient (Wildman–Crippen LogP) is 4.12. The van der Waals surface area contributed by atoms with E-state index >= 15 is 0 Å². The molecule has 0 fully saturated rings. The Labute approximate surface area is 181 Å². The van der Waals surface area contributed by atoms with Crippen LogP contribution < -0.4 is 5.32 Å². The summed E-state index contributed by atoms with van der Waals surface area (Å²) in [4.78, 5) is 12.9. The number of aryl methyl sites for hydroxylation is 1. The van der Waals surface area contributed by atoms with Crippen molar-refractivity contribution in [2.45, 2.75) is 31.7 Å². The topological polar surface area (TPSA) is 84.3 Å². The van der Waals surface area contributed by atoms with Crippen LogP contribution in [0.25, 0.3) is 5.69 Å².